The van der Waals surface area contributed by atoms with Gasteiger partial charge in [-0.1, -0.05) is 152 Å². The van der Waals surface area contributed by atoms with Crippen LogP contribution in [0.25, 0.3) is 0 Å². The van der Waals surface area contributed by atoms with Crippen molar-refractivity contribution in [3.8, 4) is 0 Å². The molecule has 9 N–H and O–H groups in total. The van der Waals surface area contributed by atoms with Gasteiger partial charge in [0.05, 0.1) is 31.3 Å². The Morgan fingerprint density at radius 1 is 0.574 bits per heavy atom. The molecule has 1 fully saturated rings. The van der Waals surface area contributed by atoms with Gasteiger partial charge in [-0.15, -0.1) is 0 Å². The van der Waals surface area contributed by atoms with E-state index in [1.54, 1.807) is 6.08 Å². The number of allylic oxidation sites excluding steroid dienone is 7. The summed E-state index contributed by atoms with van der Waals surface area (Å²) in [5.41, 5.74) is 0. The number of nitrogens with one attached hydrogen (secondary N) is 1. The minimum atomic E-state index is -5.16. The van der Waals surface area contributed by atoms with Crippen molar-refractivity contribution in [3.63, 3.8) is 0 Å². The fourth-order valence-corrected chi connectivity index (χ4v) is 8.18. The molecule has 8 unspecified atom stereocenters. The molecular weight excluding hydrogens is 801 g/mol. The van der Waals surface area contributed by atoms with Gasteiger partial charge >= 0.3 is 7.82 Å². The second kappa shape index (κ2) is 36.6. The third-order valence-electron chi connectivity index (χ3n) is 11.1. The molecule has 1 rings (SSSR count). The largest absolute Gasteiger partial charge is 0.472 e. The van der Waals surface area contributed by atoms with Crippen LogP contribution in [0.3, 0.4) is 0 Å². The summed E-state index contributed by atoms with van der Waals surface area (Å²) < 4.78 is 22.8. The summed E-state index contributed by atoms with van der Waals surface area (Å²) in [6, 6.07) is -1.27. The SMILES string of the molecule is CCCCCCCC/C=C\CCCC(O)CC(=O)NC(COP(=O)(O)OC1C(O)C(O)C(O)C(O)C1O)C(O)/C=C/CC/C=C/CC/C=C/CCCCCCCCCCCC. The van der Waals surface area contributed by atoms with Crippen LogP contribution >= 0.6 is 7.82 Å². The zero-order valence-electron chi connectivity index (χ0n) is 37.6. The molecule has 1 amide bonds. The van der Waals surface area contributed by atoms with Crippen molar-refractivity contribution in [2.75, 3.05) is 6.61 Å². The lowest BCUT2D eigenvalue weighted by Gasteiger charge is -2.41. The minimum Gasteiger partial charge on any atom is -0.393 e. The number of phosphoric acid groups is 1. The molecule has 0 bridgehead atoms. The molecule has 8 atom stereocenters. The van der Waals surface area contributed by atoms with Crippen molar-refractivity contribution >= 4 is 13.7 Å². The number of aliphatic hydroxyl groups is 7. The van der Waals surface area contributed by atoms with Crippen LogP contribution in [-0.4, -0.2) is 108 Å². The van der Waals surface area contributed by atoms with Crippen LogP contribution in [0, 0.1) is 0 Å². The topological polar surface area (TPSA) is 226 Å². The Morgan fingerprint density at radius 2 is 0.967 bits per heavy atom. The van der Waals surface area contributed by atoms with Gasteiger partial charge in [-0.2, -0.15) is 0 Å². The Labute approximate surface area is 368 Å². The standard InChI is InChI=1S/C47H86NO12P/c1-3-5-7-9-11-13-15-16-17-18-19-20-21-22-23-25-27-29-31-33-35-40(50)39(37-59-61(57,58)60-47-45(55)43(53)42(52)44(54)46(47)56)48-41(51)36-38(49)34-32-30-28-26-24-14-12-10-8-6-4-2/h20-21,25-28,33,35,38-40,42-47,49-50,52-56H,3-19,22-24,29-32,34,36-37H2,1-2H3,(H,48,51)(H,57,58)/b21-20+,27-25+,28-26-,35-33+. The van der Waals surface area contributed by atoms with Gasteiger partial charge in [0.1, 0.15) is 36.6 Å². The average Bonchev–Trinajstić information content (AvgIpc) is 3.23. The zero-order valence-corrected chi connectivity index (χ0v) is 38.5. The Bertz CT molecular complexity index is 1230. The number of aliphatic hydroxyl groups excluding tert-OH is 7. The fourth-order valence-electron chi connectivity index (χ4n) is 7.21. The van der Waals surface area contributed by atoms with E-state index in [2.05, 4.69) is 55.6 Å². The highest BCUT2D eigenvalue weighted by molar-refractivity contribution is 7.47. The van der Waals surface area contributed by atoms with Gasteiger partial charge in [0.25, 0.3) is 0 Å². The highest BCUT2D eigenvalue weighted by atomic mass is 31.2. The van der Waals surface area contributed by atoms with Crippen LogP contribution in [-0.2, 0) is 18.4 Å². The van der Waals surface area contributed by atoms with E-state index in [9.17, 15) is 50.0 Å². The normalized spacial score (nSPS) is 23.6. The van der Waals surface area contributed by atoms with Crippen molar-refractivity contribution in [1.82, 2.24) is 5.32 Å². The molecule has 1 aliphatic rings. The van der Waals surface area contributed by atoms with Crippen molar-refractivity contribution in [2.45, 2.75) is 236 Å². The Kier molecular flexibility index (Phi) is 34.3. The van der Waals surface area contributed by atoms with Gasteiger partial charge in [0.2, 0.25) is 5.91 Å². The van der Waals surface area contributed by atoms with Crippen molar-refractivity contribution in [1.29, 1.82) is 0 Å². The fraction of sp³-hybridized carbons (Fsp3) is 0.809. The smallest absolute Gasteiger partial charge is 0.393 e. The molecule has 0 radical (unpaired) electrons. The van der Waals surface area contributed by atoms with E-state index < -0.39 is 75.2 Å². The number of rotatable bonds is 38. The molecule has 13 nitrogen and oxygen atoms in total. The Hall–Kier alpha value is -1.74. The molecule has 0 spiro atoms. The Morgan fingerprint density at radius 3 is 1.44 bits per heavy atom. The molecule has 0 heterocycles. The predicted octanol–water partition coefficient (Wildman–Crippen LogP) is 7.92. The third kappa shape index (κ3) is 28.6. The van der Waals surface area contributed by atoms with E-state index in [1.807, 2.05) is 0 Å². The molecule has 14 heteroatoms. The van der Waals surface area contributed by atoms with Gasteiger partial charge in [-0.05, 0) is 70.6 Å². The first-order chi connectivity index (χ1) is 29.3. The first-order valence-electron chi connectivity index (χ1n) is 23.7. The lowest BCUT2D eigenvalue weighted by Crippen LogP contribution is -2.64. The van der Waals surface area contributed by atoms with Gasteiger partial charge < -0.3 is 46.0 Å². The number of carbonyl (C=O) groups excluding carboxylic acids is 1. The first kappa shape index (κ1) is 57.3. The third-order valence-corrected chi connectivity index (χ3v) is 12.1. The van der Waals surface area contributed by atoms with E-state index in [1.165, 1.54) is 102 Å². The molecule has 1 aliphatic carbocycles. The monoisotopic (exact) mass is 888 g/mol. The van der Waals surface area contributed by atoms with E-state index in [0.29, 0.717) is 25.7 Å². The maximum Gasteiger partial charge on any atom is 0.472 e. The number of hydrogen-bond donors (Lipinski definition) is 9. The van der Waals surface area contributed by atoms with E-state index in [-0.39, 0.29) is 6.42 Å². The average molecular weight is 888 g/mol. The number of phosphoric ester groups is 1. The van der Waals surface area contributed by atoms with Crippen LogP contribution in [0.2, 0.25) is 0 Å². The maximum atomic E-state index is 13.0. The predicted molar refractivity (Wildman–Crippen MR) is 243 cm³/mol. The Balaban J connectivity index is 2.59. The van der Waals surface area contributed by atoms with Crippen LogP contribution in [0.4, 0.5) is 0 Å². The maximum absolute atomic E-state index is 13.0. The summed E-state index contributed by atoms with van der Waals surface area (Å²) in [7, 11) is -5.16. The molecule has 0 aromatic heterocycles. The van der Waals surface area contributed by atoms with Crippen LogP contribution in [0.15, 0.2) is 48.6 Å². The lowest BCUT2D eigenvalue weighted by molar-refractivity contribution is -0.220. The van der Waals surface area contributed by atoms with Gasteiger partial charge in [-0.3, -0.25) is 13.8 Å². The van der Waals surface area contributed by atoms with Crippen molar-refractivity contribution < 1.29 is 59.0 Å². The highest BCUT2D eigenvalue weighted by Crippen LogP contribution is 2.47. The number of amides is 1. The second-order valence-corrected chi connectivity index (χ2v) is 18.2. The lowest BCUT2D eigenvalue weighted by atomic mass is 9.85. The molecular formula is C47H86NO12P. The molecule has 0 aromatic carbocycles. The summed E-state index contributed by atoms with van der Waals surface area (Å²) in [6.07, 6.45) is 29.3. The second-order valence-electron chi connectivity index (χ2n) is 16.8. The first-order valence-corrected chi connectivity index (χ1v) is 25.2. The van der Waals surface area contributed by atoms with Crippen LogP contribution < -0.4 is 5.32 Å². The molecule has 1 saturated carbocycles. The van der Waals surface area contributed by atoms with E-state index in [4.69, 9.17) is 9.05 Å². The highest BCUT2D eigenvalue weighted by Gasteiger charge is 2.51. The molecule has 0 saturated heterocycles. The van der Waals surface area contributed by atoms with Gasteiger partial charge in [0, 0.05) is 0 Å². The van der Waals surface area contributed by atoms with Crippen molar-refractivity contribution in [3.05, 3.63) is 48.6 Å². The quantitative estimate of drug-likeness (QED) is 0.0164. The molecule has 356 valence electrons. The van der Waals surface area contributed by atoms with E-state index in [0.717, 1.165) is 38.5 Å². The van der Waals surface area contributed by atoms with Crippen LogP contribution in [0.5, 0.6) is 0 Å². The van der Waals surface area contributed by atoms with Crippen molar-refractivity contribution in [2.24, 2.45) is 0 Å². The molecule has 61 heavy (non-hydrogen) atoms. The van der Waals surface area contributed by atoms with E-state index >= 15 is 0 Å². The van der Waals surface area contributed by atoms with Gasteiger partial charge in [0.15, 0.2) is 0 Å². The van der Waals surface area contributed by atoms with Gasteiger partial charge in [-0.25, -0.2) is 4.57 Å². The molecule has 0 aromatic rings. The summed E-state index contributed by atoms with van der Waals surface area (Å²) >= 11 is 0. The summed E-state index contributed by atoms with van der Waals surface area (Å²) in [6.45, 7) is 3.69. The summed E-state index contributed by atoms with van der Waals surface area (Å²) in [5, 5.41) is 74.3. The number of hydrogen-bond acceptors (Lipinski definition) is 11. The van der Waals surface area contributed by atoms with Crippen LogP contribution in [0.1, 0.15) is 181 Å². The minimum absolute atomic E-state index is 0.278. The number of carbonyl (C=O) groups is 1. The molecule has 0 aliphatic heterocycles. The summed E-state index contributed by atoms with van der Waals surface area (Å²) in [5.74, 6) is -0.625. The zero-order chi connectivity index (χ0) is 45.1. The summed E-state index contributed by atoms with van der Waals surface area (Å²) in [4.78, 5) is 23.4. The number of unbranched alkanes of at least 4 members (excludes halogenated alkanes) is 19.